The largest absolute Gasteiger partial charge is 0.368 e. The first-order valence-corrected chi connectivity index (χ1v) is 6.23. The van der Waals surface area contributed by atoms with Crippen molar-refractivity contribution in [3.05, 3.63) is 0 Å². The van der Waals surface area contributed by atoms with Crippen molar-refractivity contribution in [3.8, 4) is 0 Å². The van der Waals surface area contributed by atoms with Gasteiger partial charge in [0.2, 0.25) is 5.91 Å². The Balaban J connectivity index is 2.50. The van der Waals surface area contributed by atoms with Crippen LogP contribution in [0.5, 0.6) is 0 Å². The third kappa shape index (κ3) is 2.95. The third-order valence-corrected chi connectivity index (χ3v) is 3.88. The van der Waals surface area contributed by atoms with Gasteiger partial charge in [0, 0.05) is 18.6 Å². The second-order valence-electron chi connectivity index (χ2n) is 5.26. The molecule has 4 heteroatoms. The summed E-state index contributed by atoms with van der Waals surface area (Å²) in [4.78, 5) is 13.6. The summed E-state index contributed by atoms with van der Waals surface area (Å²) in [6.45, 7) is 7.05. The highest BCUT2D eigenvalue weighted by atomic mass is 16.1. The number of hydrogen-bond acceptors (Lipinski definition) is 3. The van der Waals surface area contributed by atoms with Crippen LogP contribution in [0.25, 0.3) is 0 Å². The van der Waals surface area contributed by atoms with E-state index in [9.17, 15) is 4.79 Å². The number of carbonyl (C=O) groups excluding carboxylic acids is 1. The maximum atomic E-state index is 11.1. The molecule has 0 aliphatic carbocycles. The van der Waals surface area contributed by atoms with Crippen LogP contribution in [0.4, 0.5) is 0 Å². The van der Waals surface area contributed by atoms with Gasteiger partial charge in [0.25, 0.3) is 0 Å². The number of likely N-dealkylation sites (tertiary alicyclic amines) is 1. The van der Waals surface area contributed by atoms with E-state index in [1.165, 1.54) is 19.3 Å². The SMILES string of the molecule is CCC1CCC(C)N1CCC(C)(N)C(N)=O. The summed E-state index contributed by atoms with van der Waals surface area (Å²) in [5.41, 5.74) is 10.3. The normalized spacial score (nSPS) is 30.2. The molecule has 0 saturated carbocycles. The summed E-state index contributed by atoms with van der Waals surface area (Å²) < 4.78 is 0. The van der Waals surface area contributed by atoms with Gasteiger partial charge in [-0.3, -0.25) is 9.69 Å². The fraction of sp³-hybridized carbons (Fsp3) is 0.917. The first kappa shape index (κ1) is 13.5. The van der Waals surface area contributed by atoms with Gasteiger partial charge in [0.15, 0.2) is 0 Å². The molecule has 3 unspecified atom stereocenters. The minimum Gasteiger partial charge on any atom is -0.368 e. The molecule has 0 bridgehead atoms. The molecule has 1 saturated heterocycles. The smallest absolute Gasteiger partial charge is 0.237 e. The molecular weight excluding hydrogens is 202 g/mol. The number of amides is 1. The standard InChI is InChI=1S/C12H25N3O/c1-4-10-6-5-9(2)15(10)8-7-12(3,14)11(13)16/h9-10H,4-8,14H2,1-3H3,(H2,13,16). The first-order valence-electron chi connectivity index (χ1n) is 6.23. The third-order valence-electron chi connectivity index (χ3n) is 3.88. The van der Waals surface area contributed by atoms with Crippen LogP contribution in [0.3, 0.4) is 0 Å². The summed E-state index contributed by atoms with van der Waals surface area (Å²) in [5.74, 6) is -0.410. The number of carbonyl (C=O) groups is 1. The zero-order valence-electron chi connectivity index (χ0n) is 10.7. The molecule has 1 rings (SSSR count). The van der Waals surface area contributed by atoms with Crippen molar-refractivity contribution < 1.29 is 4.79 Å². The molecule has 0 aromatic rings. The average molecular weight is 227 g/mol. The molecule has 1 fully saturated rings. The Morgan fingerprint density at radius 2 is 2.12 bits per heavy atom. The molecule has 1 aliphatic heterocycles. The lowest BCUT2D eigenvalue weighted by Crippen LogP contribution is -2.52. The van der Waals surface area contributed by atoms with E-state index in [-0.39, 0.29) is 0 Å². The van der Waals surface area contributed by atoms with E-state index >= 15 is 0 Å². The van der Waals surface area contributed by atoms with Crippen LogP contribution in [0.2, 0.25) is 0 Å². The Hall–Kier alpha value is -0.610. The molecule has 0 aromatic carbocycles. The van der Waals surface area contributed by atoms with Gasteiger partial charge in [-0.05, 0) is 39.5 Å². The molecule has 3 atom stereocenters. The molecule has 0 aromatic heterocycles. The van der Waals surface area contributed by atoms with Crippen LogP contribution in [0.15, 0.2) is 0 Å². The number of hydrogen-bond donors (Lipinski definition) is 2. The zero-order chi connectivity index (χ0) is 12.3. The summed E-state index contributed by atoms with van der Waals surface area (Å²) >= 11 is 0. The van der Waals surface area contributed by atoms with E-state index in [0.717, 1.165) is 6.54 Å². The summed E-state index contributed by atoms with van der Waals surface area (Å²) in [6, 6.07) is 1.26. The molecular formula is C12H25N3O. The minimum absolute atomic E-state index is 0.410. The van der Waals surface area contributed by atoms with Crippen LogP contribution in [-0.4, -0.2) is 35.0 Å². The van der Waals surface area contributed by atoms with Crippen molar-refractivity contribution in [2.45, 2.75) is 64.1 Å². The molecule has 1 amide bonds. The van der Waals surface area contributed by atoms with Crippen molar-refractivity contribution in [1.29, 1.82) is 0 Å². The molecule has 16 heavy (non-hydrogen) atoms. The van der Waals surface area contributed by atoms with Gasteiger partial charge in [-0.15, -0.1) is 0 Å². The van der Waals surface area contributed by atoms with E-state index < -0.39 is 11.4 Å². The van der Waals surface area contributed by atoms with Crippen molar-refractivity contribution in [2.75, 3.05) is 6.54 Å². The monoisotopic (exact) mass is 227 g/mol. The highest BCUT2D eigenvalue weighted by Gasteiger charge is 2.32. The van der Waals surface area contributed by atoms with Gasteiger partial charge in [0.05, 0.1) is 5.54 Å². The second-order valence-corrected chi connectivity index (χ2v) is 5.26. The number of nitrogens with two attached hydrogens (primary N) is 2. The number of primary amides is 1. The molecule has 94 valence electrons. The van der Waals surface area contributed by atoms with Gasteiger partial charge in [-0.2, -0.15) is 0 Å². The Morgan fingerprint density at radius 3 is 2.62 bits per heavy atom. The lowest BCUT2D eigenvalue weighted by Gasteiger charge is -2.31. The van der Waals surface area contributed by atoms with Crippen LogP contribution >= 0.6 is 0 Å². The highest BCUT2D eigenvalue weighted by Crippen LogP contribution is 2.26. The van der Waals surface area contributed by atoms with E-state index in [1.54, 1.807) is 6.92 Å². The summed E-state index contributed by atoms with van der Waals surface area (Å²) in [6.07, 6.45) is 4.32. The molecule has 1 heterocycles. The maximum absolute atomic E-state index is 11.1. The Kier molecular flexibility index (Phi) is 4.33. The molecule has 0 radical (unpaired) electrons. The number of nitrogens with zero attached hydrogens (tertiary/aromatic N) is 1. The molecule has 1 aliphatic rings. The first-order chi connectivity index (χ1) is 7.38. The Labute approximate surface area is 98.3 Å². The fourth-order valence-electron chi connectivity index (χ4n) is 2.45. The van der Waals surface area contributed by atoms with E-state index in [2.05, 4.69) is 18.7 Å². The van der Waals surface area contributed by atoms with Crippen LogP contribution in [-0.2, 0) is 4.79 Å². The topological polar surface area (TPSA) is 72.3 Å². The van der Waals surface area contributed by atoms with Crippen LogP contribution in [0, 0.1) is 0 Å². The van der Waals surface area contributed by atoms with Gasteiger partial charge < -0.3 is 11.5 Å². The van der Waals surface area contributed by atoms with Gasteiger partial charge in [-0.25, -0.2) is 0 Å². The van der Waals surface area contributed by atoms with Crippen molar-refractivity contribution in [1.82, 2.24) is 4.90 Å². The predicted molar refractivity (Wildman–Crippen MR) is 65.9 cm³/mol. The van der Waals surface area contributed by atoms with Crippen molar-refractivity contribution in [3.63, 3.8) is 0 Å². The predicted octanol–water partition coefficient (Wildman–Crippen LogP) is 0.842. The van der Waals surface area contributed by atoms with Gasteiger partial charge in [-0.1, -0.05) is 6.92 Å². The second kappa shape index (κ2) is 5.15. The molecule has 0 spiro atoms. The summed E-state index contributed by atoms with van der Waals surface area (Å²) in [7, 11) is 0. The fourth-order valence-corrected chi connectivity index (χ4v) is 2.45. The molecule has 4 nitrogen and oxygen atoms in total. The molecule has 4 N–H and O–H groups in total. The average Bonchev–Trinajstić information content (AvgIpc) is 2.56. The zero-order valence-corrected chi connectivity index (χ0v) is 10.7. The van der Waals surface area contributed by atoms with Gasteiger partial charge >= 0.3 is 0 Å². The van der Waals surface area contributed by atoms with E-state index in [0.29, 0.717) is 18.5 Å². The van der Waals surface area contributed by atoms with Gasteiger partial charge in [0.1, 0.15) is 0 Å². The van der Waals surface area contributed by atoms with Crippen molar-refractivity contribution >= 4 is 5.91 Å². The lowest BCUT2D eigenvalue weighted by molar-refractivity contribution is -0.122. The van der Waals surface area contributed by atoms with Crippen molar-refractivity contribution in [2.24, 2.45) is 11.5 Å². The lowest BCUT2D eigenvalue weighted by atomic mass is 9.98. The highest BCUT2D eigenvalue weighted by molar-refractivity contribution is 5.83. The van der Waals surface area contributed by atoms with Crippen LogP contribution in [0.1, 0.15) is 46.5 Å². The maximum Gasteiger partial charge on any atom is 0.237 e. The number of rotatable bonds is 5. The Bertz CT molecular complexity index is 253. The Morgan fingerprint density at radius 1 is 1.50 bits per heavy atom. The summed E-state index contributed by atoms with van der Waals surface area (Å²) in [5, 5.41) is 0. The minimum atomic E-state index is -0.874. The van der Waals surface area contributed by atoms with Crippen LogP contribution < -0.4 is 11.5 Å². The van der Waals surface area contributed by atoms with E-state index in [4.69, 9.17) is 11.5 Å². The van der Waals surface area contributed by atoms with E-state index in [1.807, 2.05) is 0 Å². The quantitative estimate of drug-likeness (QED) is 0.731.